The summed E-state index contributed by atoms with van der Waals surface area (Å²) in [5.41, 5.74) is 2.78. The van der Waals surface area contributed by atoms with E-state index in [1.54, 1.807) is 6.92 Å². The number of fused-ring (bicyclic) bond motifs is 1. The molecule has 2 nitrogen and oxygen atoms in total. The molecule has 0 radical (unpaired) electrons. The van der Waals surface area contributed by atoms with Crippen molar-refractivity contribution in [1.82, 2.24) is 0 Å². The number of hydrogen-bond donors (Lipinski definition) is 1. The summed E-state index contributed by atoms with van der Waals surface area (Å²) in [6.45, 7) is 8.13. The van der Waals surface area contributed by atoms with E-state index in [1.807, 2.05) is 13.0 Å². The van der Waals surface area contributed by atoms with Gasteiger partial charge in [-0.3, -0.25) is 4.79 Å². The molecule has 0 amide bonds. The molecule has 3 rings (SSSR count). The van der Waals surface area contributed by atoms with Crippen molar-refractivity contribution in [2.75, 3.05) is 0 Å². The third kappa shape index (κ3) is 1.56. The van der Waals surface area contributed by atoms with Crippen LogP contribution in [-0.2, 0) is 4.79 Å². The van der Waals surface area contributed by atoms with Gasteiger partial charge in [-0.05, 0) is 56.3 Å². The van der Waals surface area contributed by atoms with E-state index in [2.05, 4.69) is 19.9 Å². The zero-order chi connectivity index (χ0) is 14.0. The van der Waals surface area contributed by atoms with Crippen LogP contribution in [0.1, 0.15) is 47.0 Å². The van der Waals surface area contributed by atoms with Gasteiger partial charge >= 0.3 is 0 Å². The van der Waals surface area contributed by atoms with Crippen LogP contribution in [0.3, 0.4) is 0 Å². The summed E-state index contributed by atoms with van der Waals surface area (Å²) in [5, 5.41) is 10.8. The summed E-state index contributed by atoms with van der Waals surface area (Å²) in [6, 6.07) is 0. The largest absolute Gasteiger partial charge is 0.381 e. The van der Waals surface area contributed by atoms with Crippen LogP contribution in [-0.4, -0.2) is 16.5 Å². The fourth-order valence-corrected chi connectivity index (χ4v) is 3.75. The van der Waals surface area contributed by atoms with Gasteiger partial charge in [0.1, 0.15) is 5.60 Å². The highest BCUT2D eigenvalue weighted by Crippen LogP contribution is 2.65. The van der Waals surface area contributed by atoms with Gasteiger partial charge in [0.05, 0.1) is 0 Å². The maximum atomic E-state index is 12.6. The molecule has 1 fully saturated rings. The van der Waals surface area contributed by atoms with Crippen LogP contribution < -0.4 is 0 Å². The predicted molar refractivity (Wildman–Crippen MR) is 75.6 cm³/mol. The predicted octanol–water partition coefficient (Wildman–Crippen LogP) is 3.33. The van der Waals surface area contributed by atoms with Gasteiger partial charge in [-0.2, -0.15) is 0 Å². The van der Waals surface area contributed by atoms with Gasteiger partial charge in [-0.15, -0.1) is 0 Å². The molecule has 3 aliphatic rings. The molecule has 1 unspecified atom stereocenters. The molecule has 0 saturated heterocycles. The maximum Gasteiger partial charge on any atom is 0.195 e. The minimum atomic E-state index is -1.22. The van der Waals surface area contributed by atoms with Crippen molar-refractivity contribution < 1.29 is 9.90 Å². The SMILES string of the molecule is CC1=CC2=C(CC(C)C)C3(CC3)C(C)(O)C(=O)C2=C1. The minimum absolute atomic E-state index is 0.0828. The molecule has 0 bridgehead atoms. The molecular weight excluding hydrogens is 236 g/mol. The van der Waals surface area contributed by atoms with Crippen molar-refractivity contribution in [3.63, 3.8) is 0 Å². The van der Waals surface area contributed by atoms with Crippen molar-refractivity contribution in [1.29, 1.82) is 0 Å². The Balaban J connectivity index is 2.21. The Morgan fingerprint density at radius 1 is 1.32 bits per heavy atom. The quantitative estimate of drug-likeness (QED) is 0.825. The highest BCUT2D eigenvalue weighted by molar-refractivity contribution is 6.10. The highest BCUT2D eigenvalue weighted by atomic mass is 16.3. The summed E-state index contributed by atoms with van der Waals surface area (Å²) in [6.07, 6.45) is 6.91. The average molecular weight is 258 g/mol. The fourth-order valence-electron chi connectivity index (χ4n) is 3.75. The van der Waals surface area contributed by atoms with Gasteiger partial charge in [0.25, 0.3) is 0 Å². The number of carbonyl (C=O) groups excluding carboxylic acids is 1. The van der Waals surface area contributed by atoms with E-state index in [0.717, 1.165) is 36.0 Å². The number of carbonyl (C=O) groups is 1. The minimum Gasteiger partial charge on any atom is -0.381 e. The first-order valence-corrected chi connectivity index (χ1v) is 7.21. The molecule has 0 aromatic carbocycles. The van der Waals surface area contributed by atoms with Crippen molar-refractivity contribution in [2.45, 2.75) is 52.6 Å². The number of rotatable bonds is 2. The third-order valence-corrected chi connectivity index (χ3v) is 4.92. The molecule has 3 aliphatic carbocycles. The number of ketones is 1. The Kier molecular flexibility index (Phi) is 2.50. The molecule has 0 aromatic rings. The zero-order valence-corrected chi connectivity index (χ0v) is 12.2. The fraction of sp³-hybridized carbons (Fsp3) is 0.588. The molecular formula is C17H22O2. The second-order valence-electron chi connectivity index (χ2n) is 6.92. The van der Waals surface area contributed by atoms with E-state index in [-0.39, 0.29) is 11.2 Å². The van der Waals surface area contributed by atoms with E-state index in [9.17, 15) is 9.90 Å². The van der Waals surface area contributed by atoms with Crippen molar-refractivity contribution >= 4 is 5.78 Å². The number of allylic oxidation sites excluding steroid dienone is 4. The van der Waals surface area contributed by atoms with Crippen LogP contribution >= 0.6 is 0 Å². The summed E-state index contributed by atoms with van der Waals surface area (Å²) >= 11 is 0. The molecule has 0 heterocycles. The lowest BCUT2D eigenvalue weighted by molar-refractivity contribution is -0.137. The van der Waals surface area contributed by atoms with Crippen LogP contribution in [0.4, 0.5) is 0 Å². The molecule has 2 heteroatoms. The number of aliphatic hydroxyl groups is 1. The first kappa shape index (κ1) is 12.9. The molecule has 0 aliphatic heterocycles. The highest BCUT2D eigenvalue weighted by Gasteiger charge is 2.65. The van der Waals surface area contributed by atoms with Gasteiger partial charge in [0.2, 0.25) is 0 Å². The Bertz CT molecular complexity index is 552. The van der Waals surface area contributed by atoms with Crippen molar-refractivity contribution in [3.8, 4) is 0 Å². The Morgan fingerprint density at radius 2 is 1.95 bits per heavy atom. The average Bonchev–Trinajstić information content (AvgIpc) is 3.02. The molecule has 1 spiro atoms. The van der Waals surface area contributed by atoms with Gasteiger partial charge in [0.15, 0.2) is 5.78 Å². The van der Waals surface area contributed by atoms with E-state index >= 15 is 0 Å². The molecule has 19 heavy (non-hydrogen) atoms. The lowest BCUT2D eigenvalue weighted by Crippen LogP contribution is -2.49. The van der Waals surface area contributed by atoms with Gasteiger partial charge in [-0.1, -0.05) is 25.5 Å². The molecule has 0 aromatic heterocycles. The van der Waals surface area contributed by atoms with Crippen LogP contribution in [0.25, 0.3) is 0 Å². The van der Waals surface area contributed by atoms with Crippen LogP contribution in [0.15, 0.2) is 34.4 Å². The van der Waals surface area contributed by atoms with Crippen LogP contribution in [0.2, 0.25) is 0 Å². The van der Waals surface area contributed by atoms with E-state index in [1.165, 1.54) is 5.57 Å². The van der Waals surface area contributed by atoms with E-state index < -0.39 is 5.60 Å². The first-order valence-electron chi connectivity index (χ1n) is 7.21. The lowest BCUT2D eigenvalue weighted by Gasteiger charge is -2.40. The maximum absolute atomic E-state index is 12.6. The first-order chi connectivity index (χ1) is 8.79. The Morgan fingerprint density at radius 3 is 2.47 bits per heavy atom. The van der Waals surface area contributed by atoms with Crippen molar-refractivity contribution in [3.05, 3.63) is 34.4 Å². The smallest absolute Gasteiger partial charge is 0.195 e. The topological polar surface area (TPSA) is 37.3 Å². The molecule has 102 valence electrons. The molecule has 1 saturated carbocycles. The summed E-state index contributed by atoms with van der Waals surface area (Å²) in [4.78, 5) is 12.6. The van der Waals surface area contributed by atoms with Gasteiger partial charge in [-0.25, -0.2) is 0 Å². The zero-order valence-electron chi connectivity index (χ0n) is 12.2. The summed E-state index contributed by atoms with van der Waals surface area (Å²) in [7, 11) is 0. The van der Waals surface area contributed by atoms with E-state index in [0.29, 0.717) is 5.92 Å². The Hall–Kier alpha value is -1.15. The number of Topliss-reactive ketones (excluding diaryl/α,β-unsaturated/α-hetero) is 1. The normalized spacial score (nSPS) is 31.8. The molecule has 1 N–H and O–H groups in total. The second kappa shape index (κ2) is 3.69. The summed E-state index contributed by atoms with van der Waals surface area (Å²) < 4.78 is 0. The van der Waals surface area contributed by atoms with E-state index in [4.69, 9.17) is 0 Å². The van der Waals surface area contributed by atoms with Gasteiger partial charge < -0.3 is 5.11 Å². The van der Waals surface area contributed by atoms with Crippen LogP contribution in [0.5, 0.6) is 0 Å². The van der Waals surface area contributed by atoms with Crippen molar-refractivity contribution in [2.24, 2.45) is 11.3 Å². The standard InChI is InChI=1S/C17H22O2/c1-10(2)7-14-12-8-11(3)9-13(12)15(18)16(4,19)17(14)5-6-17/h8-10,19H,5-7H2,1-4H3. The Labute approximate surface area is 114 Å². The molecule has 1 atom stereocenters. The van der Waals surface area contributed by atoms with Crippen LogP contribution in [0, 0.1) is 11.3 Å². The monoisotopic (exact) mass is 258 g/mol. The summed E-state index contributed by atoms with van der Waals surface area (Å²) in [5.74, 6) is 0.458. The second-order valence-corrected chi connectivity index (χ2v) is 6.92. The van der Waals surface area contributed by atoms with Gasteiger partial charge in [0, 0.05) is 11.0 Å². The third-order valence-electron chi connectivity index (χ3n) is 4.92. The lowest BCUT2D eigenvalue weighted by atomic mass is 9.66. The number of hydrogen-bond acceptors (Lipinski definition) is 2.